The molecule has 0 bridgehead atoms. The van der Waals surface area contributed by atoms with Crippen LogP contribution in [0.5, 0.6) is 0 Å². The predicted octanol–water partition coefficient (Wildman–Crippen LogP) is 2.33. The van der Waals surface area contributed by atoms with Crippen LogP contribution in [-0.2, 0) is 19.8 Å². The molecule has 0 fully saturated rings. The quantitative estimate of drug-likeness (QED) is 0.794. The highest BCUT2D eigenvalue weighted by Gasteiger charge is 2.34. The molecule has 92 valence electrons. The molecule has 0 saturated carbocycles. The lowest BCUT2D eigenvalue weighted by atomic mass is 10.3. The van der Waals surface area contributed by atoms with Gasteiger partial charge in [0.1, 0.15) is 5.69 Å². The average Bonchev–Trinajstić information content (AvgIpc) is 2.54. The molecule has 0 amide bonds. The van der Waals surface area contributed by atoms with Crippen molar-refractivity contribution < 1.29 is 13.2 Å². The fraction of sp³-hybridized carbons (Fsp3) is 0.700. The van der Waals surface area contributed by atoms with Gasteiger partial charge in [-0.15, -0.1) is 0 Å². The molecule has 0 atom stereocenters. The fourth-order valence-electron chi connectivity index (χ4n) is 1.40. The number of unbranched alkanes of at least 4 members (excludes halogenated alkanes) is 1. The van der Waals surface area contributed by atoms with Crippen molar-refractivity contribution >= 4 is 0 Å². The maximum absolute atomic E-state index is 12.4. The van der Waals surface area contributed by atoms with Crippen LogP contribution in [0.15, 0.2) is 6.07 Å². The van der Waals surface area contributed by atoms with E-state index in [9.17, 15) is 13.2 Å². The van der Waals surface area contributed by atoms with Crippen molar-refractivity contribution in [1.29, 1.82) is 0 Å². The van der Waals surface area contributed by atoms with Gasteiger partial charge in [-0.05, 0) is 19.0 Å². The lowest BCUT2D eigenvalue weighted by molar-refractivity contribution is -0.143. The van der Waals surface area contributed by atoms with E-state index in [4.69, 9.17) is 0 Å². The molecule has 0 unspecified atom stereocenters. The Hall–Kier alpha value is -1.04. The number of rotatable bonds is 5. The molecule has 0 aliphatic heterocycles. The number of nitrogens with one attached hydrogen (secondary N) is 1. The number of alkyl halides is 3. The van der Waals surface area contributed by atoms with Gasteiger partial charge in [-0.3, -0.25) is 4.68 Å². The predicted molar refractivity (Wildman–Crippen MR) is 54.8 cm³/mol. The highest BCUT2D eigenvalue weighted by atomic mass is 19.4. The molecule has 0 aliphatic carbocycles. The van der Waals surface area contributed by atoms with Gasteiger partial charge in [0.15, 0.2) is 0 Å². The summed E-state index contributed by atoms with van der Waals surface area (Å²) in [6.45, 7) is 3.24. The second-order valence-corrected chi connectivity index (χ2v) is 3.67. The highest BCUT2D eigenvalue weighted by Crippen LogP contribution is 2.29. The minimum atomic E-state index is -4.33. The number of aromatic nitrogens is 2. The molecule has 6 heteroatoms. The first-order valence-electron chi connectivity index (χ1n) is 5.26. The molecule has 1 aromatic heterocycles. The minimum absolute atomic E-state index is 0.379. The van der Waals surface area contributed by atoms with Crippen LogP contribution in [0.3, 0.4) is 0 Å². The lowest BCUT2D eigenvalue weighted by Crippen LogP contribution is -2.14. The van der Waals surface area contributed by atoms with E-state index < -0.39 is 11.9 Å². The number of aryl methyl sites for hydroxylation is 1. The summed E-state index contributed by atoms with van der Waals surface area (Å²) in [5, 5.41) is 6.86. The SMILES string of the molecule is CCCCNCc1cc(C(F)(F)F)n(C)n1. The molecular formula is C10H16F3N3. The van der Waals surface area contributed by atoms with Gasteiger partial charge in [0, 0.05) is 13.6 Å². The molecule has 1 rings (SSSR count). The number of halogens is 3. The molecular weight excluding hydrogens is 219 g/mol. The number of hydrogen-bond donors (Lipinski definition) is 1. The van der Waals surface area contributed by atoms with E-state index in [1.807, 2.05) is 0 Å². The fourth-order valence-corrected chi connectivity index (χ4v) is 1.40. The molecule has 0 aromatic carbocycles. The molecule has 0 aliphatic rings. The van der Waals surface area contributed by atoms with Crippen molar-refractivity contribution in [3.8, 4) is 0 Å². The van der Waals surface area contributed by atoms with Gasteiger partial charge in [0.25, 0.3) is 0 Å². The van der Waals surface area contributed by atoms with E-state index in [1.165, 1.54) is 7.05 Å². The van der Waals surface area contributed by atoms with Crippen LogP contribution >= 0.6 is 0 Å². The summed E-state index contributed by atoms with van der Waals surface area (Å²) in [7, 11) is 1.30. The second-order valence-electron chi connectivity index (χ2n) is 3.67. The molecule has 16 heavy (non-hydrogen) atoms. The van der Waals surface area contributed by atoms with Gasteiger partial charge in [0.05, 0.1) is 5.69 Å². The zero-order valence-electron chi connectivity index (χ0n) is 9.43. The summed E-state index contributed by atoms with van der Waals surface area (Å²) < 4.78 is 38.1. The van der Waals surface area contributed by atoms with E-state index in [-0.39, 0.29) is 0 Å². The molecule has 3 nitrogen and oxygen atoms in total. The van der Waals surface area contributed by atoms with Crippen LogP contribution in [0.2, 0.25) is 0 Å². The normalized spacial score (nSPS) is 12.1. The van der Waals surface area contributed by atoms with Crippen molar-refractivity contribution in [3.63, 3.8) is 0 Å². The van der Waals surface area contributed by atoms with Crippen LogP contribution in [0, 0.1) is 0 Å². The first-order valence-corrected chi connectivity index (χ1v) is 5.26. The van der Waals surface area contributed by atoms with Crippen LogP contribution < -0.4 is 5.32 Å². The third-order valence-electron chi connectivity index (χ3n) is 2.23. The summed E-state index contributed by atoms with van der Waals surface area (Å²) in [6, 6.07) is 1.08. The van der Waals surface area contributed by atoms with Crippen molar-refractivity contribution in [2.24, 2.45) is 7.05 Å². The van der Waals surface area contributed by atoms with E-state index in [0.717, 1.165) is 30.1 Å². The summed E-state index contributed by atoms with van der Waals surface area (Å²) in [5.41, 5.74) is -0.286. The Morgan fingerprint density at radius 3 is 2.62 bits per heavy atom. The number of nitrogens with zero attached hydrogens (tertiary/aromatic N) is 2. The van der Waals surface area contributed by atoms with Crippen molar-refractivity contribution in [3.05, 3.63) is 17.5 Å². The monoisotopic (exact) mass is 235 g/mol. The van der Waals surface area contributed by atoms with Crippen LogP contribution in [0.4, 0.5) is 13.2 Å². The van der Waals surface area contributed by atoms with Gasteiger partial charge >= 0.3 is 6.18 Å². The zero-order valence-corrected chi connectivity index (χ0v) is 9.43. The molecule has 0 spiro atoms. The molecule has 1 N–H and O–H groups in total. The maximum Gasteiger partial charge on any atom is 0.433 e. The first kappa shape index (κ1) is 13.0. The summed E-state index contributed by atoms with van der Waals surface area (Å²) in [5.74, 6) is 0. The van der Waals surface area contributed by atoms with Gasteiger partial charge in [0.2, 0.25) is 0 Å². The Bertz CT molecular complexity index is 331. The van der Waals surface area contributed by atoms with Gasteiger partial charge in [-0.25, -0.2) is 0 Å². The summed E-state index contributed by atoms with van der Waals surface area (Å²) in [4.78, 5) is 0. The summed E-state index contributed by atoms with van der Waals surface area (Å²) in [6.07, 6.45) is -2.26. The van der Waals surface area contributed by atoms with Crippen LogP contribution in [0.1, 0.15) is 31.2 Å². The van der Waals surface area contributed by atoms with Crippen LogP contribution in [0.25, 0.3) is 0 Å². The topological polar surface area (TPSA) is 29.9 Å². The Labute approximate surface area is 92.6 Å². The average molecular weight is 235 g/mol. The van der Waals surface area contributed by atoms with E-state index in [0.29, 0.717) is 12.2 Å². The molecule has 1 heterocycles. The third kappa shape index (κ3) is 3.52. The van der Waals surface area contributed by atoms with Crippen molar-refractivity contribution in [2.45, 2.75) is 32.5 Å². The first-order chi connectivity index (χ1) is 7.45. The standard InChI is InChI=1S/C10H16F3N3/c1-3-4-5-14-7-8-6-9(10(11,12)13)16(2)15-8/h6,14H,3-5,7H2,1-2H3. The highest BCUT2D eigenvalue weighted by molar-refractivity contribution is 5.13. The Kier molecular flexibility index (Phi) is 4.35. The Balaban J connectivity index is 2.56. The van der Waals surface area contributed by atoms with Crippen molar-refractivity contribution in [2.75, 3.05) is 6.54 Å². The summed E-state index contributed by atoms with van der Waals surface area (Å²) >= 11 is 0. The van der Waals surface area contributed by atoms with Gasteiger partial charge in [-0.2, -0.15) is 18.3 Å². The smallest absolute Gasteiger partial charge is 0.311 e. The Morgan fingerprint density at radius 2 is 2.12 bits per heavy atom. The third-order valence-corrected chi connectivity index (χ3v) is 2.23. The maximum atomic E-state index is 12.4. The molecule has 1 aromatic rings. The van der Waals surface area contributed by atoms with Gasteiger partial charge in [-0.1, -0.05) is 13.3 Å². The lowest BCUT2D eigenvalue weighted by Gasteiger charge is -2.04. The zero-order chi connectivity index (χ0) is 12.2. The van der Waals surface area contributed by atoms with Crippen molar-refractivity contribution in [1.82, 2.24) is 15.1 Å². The largest absolute Gasteiger partial charge is 0.433 e. The molecule has 0 saturated heterocycles. The Morgan fingerprint density at radius 1 is 1.44 bits per heavy atom. The van der Waals surface area contributed by atoms with Crippen LogP contribution in [-0.4, -0.2) is 16.3 Å². The van der Waals surface area contributed by atoms with Gasteiger partial charge < -0.3 is 5.32 Å². The number of hydrogen-bond acceptors (Lipinski definition) is 2. The van der Waals surface area contributed by atoms with E-state index in [1.54, 1.807) is 0 Å². The second kappa shape index (κ2) is 5.34. The van der Waals surface area contributed by atoms with E-state index in [2.05, 4.69) is 17.3 Å². The minimum Gasteiger partial charge on any atom is -0.311 e. The molecule has 0 radical (unpaired) electrons. The van der Waals surface area contributed by atoms with E-state index >= 15 is 0 Å².